The van der Waals surface area contributed by atoms with Gasteiger partial charge in [0.2, 0.25) is 5.89 Å². The largest absolute Gasteiger partial charge is 0.436 e. The molecule has 0 unspecified atom stereocenters. The molecule has 0 bridgehead atoms. The molecule has 3 aromatic heterocycles. The van der Waals surface area contributed by atoms with Gasteiger partial charge in [0.05, 0.1) is 16.7 Å². The number of anilines is 3. The van der Waals surface area contributed by atoms with Gasteiger partial charge in [-0.3, -0.25) is 0 Å². The van der Waals surface area contributed by atoms with E-state index in [1.54, 1.807) is 0 Å². The Balaban J connectivity index is 1.22. The lowest BCUT2D eigenvalue weighted by Gasteiger charge is -2.42. The van der Waals surface area contributed by atoms with Crippen LogP contribution in [0.5, 0.6) is 0 Å². The first-order chi connectivity index (χ1) is 30.7. The summed E-state index contributed by atoms with van der Waals surface area (Å²) in [7, 11) is 0. The molecule has 14 rings (SSSR count). The average Bonchev–Trinajstić information content (AvgIpc) is 4.00. The average molecular weight is 811 g/mol. The van der Waals surface area contributed by atoms with Gasteiger partial charge in [0.15, 0.2) is 5.58 Å². The molecule has 0 N–H and O–H groups in total. The van der Waals surface area contributed by atoms with Gasteiger partial charge in [-0.05, 0) is 124 Å². The van der Waals surface area contributed by atoms with Crippen molar-refractivity contribution in [2.75, 3.05) is 4.90 Å². The van der Waals surface area contributed by atoms with E-state index >= 15 is 0 Å². The lowest BCUT2D eigenvalue weighted by atomic mass is 9.45. The predicted octanol–water partition coefficient (Wildman–Crippen LogP) is 13.5. The number of hydrogen-bond donors (Lipinski definition) is 0. The third kappa shape index (κ3) is 4.65. The highest BCUT2D eigenvalue weighted by Crippen LogP contribution is 2.53. The van der Waals surface area contributed by atoms with E-state index in [-0.39, 0.29) is 17.7 Å². The maximum absolute atomic E-state index is 6.74. The van der Waals surface area contributed by atoms with Crippen molar-refractivity contribution in [1.82, 2.24) is 14.0 Å². The quantitative estimate of drug-likeness (QED) is 0.166. The predicted molar refractivity (Wildman–Crippen MR) is 263 cm³/mol. The highest BCUT2D eigenvalue weighted by Gasteiger charge is 2.45. The minimum atomic E-state index is -0.125. The second-order valence-electron chi connectivity index (χ2n) is 19.4. The normalized spacial score (nSPS) is 15.4. The van der Waals surface area contributed by atoms with E-state index in [0.29, 0.717) is 5.89 Å². The first-order valence-electron chi connectivity index (χ1n) is 22.4. The summed E-state index contributed by atoms with van der Waals surface area (Å²) in [6, 6.07) is 60.4. The Morgan fingerprint density at radius 3 is 1.97 bits per heavy atom. The first-order valence-corrected chi connectivity index (χ1v) is 22.4. The Labute approximate surface area is 365 Å². The van der Waals surface area contributed by atoms with E-state index in [1.165, 1.54) is 82.5 Å². The molecular formula is C57H43BN4O. The Morgan fingerprint density at radius 1 is 0.587 bits per heavy atom. The smallest absolute Gasteiger partial charge is 0.333 e. The van der Waals surface area contributed by atoms with Gasteiger partial charge in [-0.1, -0.05) is 119 Å². The third-order valence-corrected chi connectivity index (χ3v) is 14.9. The summed E-state index contributed by atoms with van der Waals surface area (Å²) in [5, 5.41) is 5.09. The summed E-state index contributed by atoms with van der Waals surface area (Å²) in [6.45, 7) is 9.66. The molecule has 0 atom stereocenters. The maximum atomic E-state index is 6.74. The number of hydrogen-bond acceptors (Lipinski definition) is 3. The number of rotatable bonds is 4. The Morgan fingerprint density at radius 2 is 1.24 bits per heavy atom. The van der Waals surface area contributed by atoms with E-state index in [2.05, 4.69) is 187 Å². The topological polar surface area (TPSA) is 39.1 Å². The van der Waals surface area contributed by atoms with Gasteiger partial charge in [0, 0.05) is 60.8 Å². The van der Waals surface area contributed by atoms with Crippen LogP contribution in [0.4, 0.5) is 17.1 Å². The summed E-state index contributed by atoms with van der Waals surface area (Å²) in [4.78, 5) is 7.71. The summed E-state index contributed by atoms with van der Waals surface area (Å²) in [5.74, 6) is 0.637. The number of fused-ring (bicyclic) bond motifs is 13. The molecule has 6 heteroatoms. The number of aromatic nitrogens is 3. The second-order valence-corrected chi connectivity index (χ2v) is 19.4. The van der Waals surface area contributed by atoms with Crippen molar-refractivity contribution in [1.29, 1.82) is 0 Å². The molecular weight excluding hydrogens is 767 g/mol. The van der Waals surface area contributed by atoms with Gasteiger partial charge >= 0.3 is 6.85 Å². The molecule has 5 heterocycles. The minimum absolute atomic E-state index is 0.0213. The van der Waals surface area contributed by atoms with Crippen molar-refractivity contribution in [2.24, 2.45) is 0 Å². The molecule has 11 aromatic rings. The molecule has 0 radical (unpaired) electrons. The van der Waals surface area contributed by atoms with Crippen LogP contribution in [0.15, 0.2) is 168 Å². The van der Waals surface area contributed by atoms with Gasteiger partial charge in [-0.25, -0.2) is 4.98 Å². The van der Waals surface area contributed by atoms with Gasteiger partial charge in [-0.2, -0.15) is 0 Å². The molecule has 5 nitrogen and oxygen atoms in total. The number of oxazole rings is 1. The van der Waals surface area contributed by atoms with Gasteiger partial charge in [-0.15, -0.1) is 0 Å². The third-order valence-electron chi connectivity index (χ3n) is 14.9. The molecule has 1 aliphatic carbocycles. The SMILES string of the molecule is CC1(C)CCC(C)(C)c2cc3c(cc21)c1c(N(c2ccccc2)c2ccccc2)cc2c4c1n3-c1cc3nc(-c5ccccc5)oc3cc1B4n1c3ccccc3c3cccc-2c31. The summed E-state index contributed by atoms with van der Waals surface area (Å²) >= 11 is 0. The molecule has 0 spiro atoms. The van der Waals surface area contributed by atoms with Crippen molar-refractivity contribution in [3.8, 4) is 28.3 Å². The Bertz CT molecular complexity index is 3710. The Hall–Kier alpha value is -7.31. The highest BCUT2D eigenvalue weighted by molar-refractivity contribution is 6.90. The van der Waals surface area contributed by atoms with Crippen LogP contribution in [0.25, 0.3) is 83.0 Å². The summed E-state index contributed by atoms with van der Waals surface area (Å²) in [6.07, 6.45) is 2.29. The molecule has 0 saturated carbocycles. The number of nitrogens with zero attached hydrogens (tertiary/aromatic N) is 4. The van der Waals surface area contributed by atoms with Crippen LogP contribution in [0, 0.1) is 0 Å². The lowest BCUT2D eigenvalue weighted by Crippen LogP contribution is -2.55. The van der Waals surface area contributed by atoms with Crippen LogP contribution in [-0.4, -0.2) is 20.9 Å². The molecule has 0 saturated heterocycles. The lowest BCUT2D eigenvalue weighted by molar-refractivity contribution is 0.332. The molecule has 63 heavy (non-hydrogen) atoms. The second kappa shape index (κ2) is 12.2. The summed E-state index contributed by atoms with van der Waals surface area (Å²) < 4.78 is 12.0. The molecule has 0 fully saturated rings. The van der Waals surface area contributed by atoms with Crippen molar-refractivity contribution < 1.29 is 4.42 Å². The molecule has 3 aliphatic rings. The maximum Gasteiger partial charge on any atom is 0.333 e. The zero-order valence-electron chi connectivity index (χ0n) is 35.8. The molecule has 2 aliphatic heterocycles. The van der Waals surface area contributed by atoms with Crippen molar-refractivity contribution in [2.45, 2.75) is 51.4 Å². The van der Waals surface area contributed by atoms with Crippen LogP contribution in [0.2, 0.25) is 0 Å². The minimum Gasteiger partial charge on any atom is -0.436 e. The monoisotopic (exact) mass is 810 g/mol. The number of benzene rings is 8. The first kappa shape index (κ1) is 35.3. The van der Waals surface area contributed by atoms with Gasteiger partial charge in [0.1, 0.15) is 5.52 Å². The van der Waals surface area contributed by atoms with Crippen molar-refractivity contribution in [3.05, 3.63) is 175 Å². The van der Waals surface area contributed by atoms with E-state index in [4.69, 9.17) is 9.40 Å². The number of para-hydroxylation sites is 4. The highest BCUT2D eigenvalue weighted by atomic mass is 16.3. The van der Waals surface area contributed by atoms with E-state index < -0.39 is 0 Å². The fourth-order valence-electron chi connectivity index (χ4n) is 11.8. The summed E-state index contributed by atoms with van der Waals surface area (Å²) in [5.41, 5.74) is 20.2. The van der Waals surface area contributed by atoms with Crippen LogP contribution in [0.1, 0.15) is 51.7 Å². The van der Waals surface area contributed by atoms with Gasteiger partial charge in [0.25, 0.3) is 0 Å². The van der Waals surface area contributed by atoms with Gasteiger partial charge < -0.3 is 18.4 Å². The fourth-order valence-corrected chi connectivity index (χ4v) is 11.8. The van der Waals surface area contributed by atoms with Crippen LogP contribution < -0.4 is 15.8 Å². The van der Waals surface area contributed by atoms with Crippen LogP contribution in [-0.2, 0) is 10.8 Å². The molecule has 8 aromatic carbocycles. The van der Waals surface area contributed by atoms with E-state index in [0.717, 1.165) is 46.6 Å². The Kier molecular flexibility index (Phi) is 6.84. The van der Waals surface area contributed by atoms with Crippen molar-refractivity contribution in [3.63, 3.8) is 0 Å². The standard InChI is InChI=1S/C57H43BN4O/c1-56(2)27-28-57(3,4)43-31-47-41(29-42(43)56)51-49(60(35-19-10-6-11-20-35)36-21-12-7-13-22-36)30-40-39-25-16-24-38-37-23-14-15-26-46(37)62(53(38)39)58-44-32-50-45(33-48(44)61(47)54(51)52(40)58)59-55(63-50)34-17-8-5-9-18-34/h5-26,29-33H,27-28H2,1-4H3. The molecule has 300 valence electrons. The van der Waals surface area contributed by atoms with E-state index in [9.17, 15) is 0 Å². The molecule has 0 amide bonds. The van der Waals surface area contributed by atoms with Crippen LogP contribution >= 0.6 is 0 Å². The van der Waals surface area contributed by atoms with Crippen LogP contribution in [0.3, 0.4) is 0 Å². The fraction of sp³-hybridized carbons (Fsp3) is 0.140. The zero-order valence-corrected chi connectivity index (χ0v) is 35.8. The van der Waals surface area contributed by atoms with E-state index in [1.807, 2.05) is 18.2 Å². The zero-order chi connectivity index (χ0) is 41.9. The van der Waals surface area contributed by atoms with Crippen molar-refractivity contribution >= 4 is 89.5 Å².